The summed E-state index contributed by atoms with van der Waals surface area (Å²) in [4.78, 5) is 12.5. The largest absolute Gasteiger partial charge is 0.326 e. The molecule has 0 bridgehead atoms. The van der Waals surface area contributed by atoms with Crippen LogP contribution >= 0.6 is 27.5 Å². The summed E-state index contributed by atoms with van der Waals surface area (Å²) in [6.45, 7) is 1.92. The minimum Gasteiger partial charge on any atom is -0.326 e. The third kappa shape index (κ3) is 2.99. The van der Waals surface area contributed by atoms with Crippen molar-refractivity contribution < 1.29 is 4.79 Å². The van der Waals surface area contributed by atoms with Gasteiger partial charge < -0.3 is 5.32 Å². The highest BCUT2D eigenvalue weighted by Crippen LogP contribution is 2.31. The number of carbonyl (C=O) groups is 1. The van der Waals surface area contributed by atoms with Crippen molar-refractivity contribution in [1.29, 1.82) is 0 Å². The Morgan fingerprint density at radius 2 is 2.00 bits per heavy atom. The molecular weight excluding hydrogens is 350 g/mol. The van der Waals surface area contributed by atoms with Gasteiger partial charge in [-0.2, -0.15) is 0 Å². The van der Waals surface area contributed by atoms with E-state index in [0.29, 0.717) is 5.02 Å². The minimum absolute atomic E-state index is 0.00678. The molecule has 1 N–H and O–H groups in total. The summed E-state index contributed by atoms with van der Waals surface area (Å²) in [5.41, 5.74) is 4.23. The lowest BCUT2D eigenvalue weighted by molar-refractivity contribution is -0.119. The van der Waals surface area contributed by atoms with Gasteiger partial charge in [0, 0.05) is 21.1 Å². The first kappa shape index (κ1) is 14.6. The molecule has 3 rings (SSSR count). The zero-order valence-electron chi connectivity index (χ0n) is 11.6. The maximum absolute atomic E-state index is 12.5. The molecule has 1 amide bonds. The van der Waals surface area contributed by atoms with Crippen LogP contribution in [0, 0.1) is 12.8 Å². The lowest BCUT2D eigenvalue weighted by atomic mass is 10.1. The van der Waals surface area contributed by atoms with Crippen LogP contribution in [0.15, 0.2) is 40.9 Å². The van der Waals surface area contributed by atoms with E-state index >= 15 is 0 Å². The quantitative estimate of drug-likeness (QED) is 0.817. The smallest absolute Gasteiger partial charge is 0.228 e. The van der Waals surface area contributed by atoms with E-state index in [1.165, 1.54) is 11.1 Å². The van der Waals surface area contributed by atoms with Crippen LogP contribution in [0.2, 0.25) is 5.02 Å². The van der Waals surface area contributed by atoms with Gasteiger partial charge in [0.05, 0.1) is 0 Å². The van der Waals surface area contributed by atoms with Crippen molar-refractivity contribution in [1.82, 2.24) is 0 Å². The molecule has 0 aromatic heterocycles. The third-order valence-corrected chi connectivity index (χ3v) is 4.90. The molecule has 1 aliphatic rings. The van der Waals surface area contributed by atoms with E-state index < -0.39 is 0 Å². The maximum atomic E-state index is 12.5. The van der Waals surface area contributed by atoms with Crippen molar-refractivity contribution in [3.05, 3.63) is 62.6 Å². The zero-order valence-corrected chi connectivity index (χ0v) is 14.0. The zero-order chi connectivity index (χ0) is 15.0. The number of amides is 1. The Labute approximate surface area is 137 Å². The Kier molecular flexibility index (Phi) is 4.05. The van der Waals surface area contributed by atoms with Gasteiger partial charge in [-0.15, -0.1) is 0 Å². The Morgan fingerprint density at radius 1 is 1.24 bits per heavy atom. The van der Waals surface area contributed by atoms with Crippen molar-refractivity contribution in [3.8, 4) is 0 Å². The molecule has 4 heteroatoms. The van der Waals surface area contributed by atoms with E-state index in [0.717, 1.165) is 28.6 Å². The van der Waals surface area contributed by atoms with Gasteiger partial charge in [0.2, 0.25) is 5.91 Å². The van der Waals surface area contributed by atoms with Gasteiger partial charge in [0.1, 0.15) is 0 Å². The van der Waals surface area contributed by atoms with E-state index in [1.54, 1.807) is 0 Å². The fraction of sp³-hybridized carbons (Fsp3) is 0.235. The number of hydrogen-bond acceptors (Lipinski definition) is 1. The van der Waals surface area contributed by atoms with Crippen molar-refractivity contribution in [2.45, 2.75) is 19.8 Å². The second-order valence-electron chi connectivity index (χ2n) is 5.42. The SMILES string of the molecule is Cc1c(Cl)cccc1NC(=O)C1Cc2ccc(Br)cc2C1. The van der Waals surface area contributed by atoms with Crippen LogP contribution in [-0.4, -0.2) is 5.91 Å². The van der Waals surface area contributed by atoms with Crippen LogP contribution in [0.4, 0.5) is 5.69 Å². The Morgan fingerprint density at radius 3 is 2.81 bits per heavy atom. The number of fused-ring (bicyclic) bond motifs is 1. The molecule has 1 atom stereocenters. The van der Waals surface area contributed by atoms with Gasteiger partial charge in [-0.25, -0.2) is 0 Å². The van der Waals surface area contributed by atoms with E-state index in [9.17, 15) is 4.79 Å². The number of nitrogens with one attached hydrogen (secondary N) is 1. The molecule has 1 aliphatic carbocycles. The van der Waals surface area contributed by atoms with Crippen molar-refractivity contribution in [2.75, 3.05) is 5.32 Å². The predicted octanol–water partition coefficient (Wildman–Crippen LogP) is 4.76. The fourth-order valence-electron chi connectivity index (χ4n) is 2.75. The topological polar surface area (TPSA) is 29.1 Å². The van der Waals surface area contributed by atoms with Crippen LogP contribution in [0.25, 0.3) is 0 Å². The molecule has 21 heavy (non-hydrogen) atoms. The molecule has 0 heterocycles. The summed E-state index contributed by atoms with van der Waals surface area (Å²) in [6, 6.07) is 11.8. The minimum atomic E-state index is -0.00678. The number of rotatable bonds is 2. The molecule has 108 valence electrons. The molecule has 0 aliphatic heterocycles. The van der Waals surface area contributed by atoms with Crippen molar-refractivity contribution in [3.63, 3.8) is 0 Å². The molecule has 2 nitrogen and oxygen atoms in total. The molecule has 2 aromatic carbocycles. The van der Waals surface area contributed by atoms with Crippen LogP contribution < -0.4 is 5.32 Å². The second kappa shape index (κ2) is 5.82. The Balaban J connectivity index is 1.75. The monoisotopic (exact) mass is 363 g/mol. The highest BCUT2D eigenvalue weighted by Gasteiger charge is 2.27. The first-order valence-corrected chi connectivity index (χ1v) is 8.05. The second-order valence-corrected chi connectivity index (χ2v) is 6.74. The predicted molar refractivity (Wildman–Crippen MR) is 89.9 cm³/mol. The first-order chi connectivity index (χ1) is 10.0. The molecule has 0 radical (unpaired) electrons. The van der Waals surface area contributed by atoms with Crippen LogP contribution in [-0.2, 0) is 17.6 Å². The average Bonchev–Trinajstić information content (AvgIpc) is 2.87. The number of anilines is 1. The summed E-state index contributed by atoms with van der Waals surface area (Å²) in [6.07, 6.45) is 1.59. The Hall–Kier alpha value is -1.32. The summed E-state index contributed by atoms with van der Waals surface area (Å²) in [5, 5.41) is 3.68. The number of benzene rings is 2. The number of hydrogen-bond donors (Lipinski definition) is 1. The molecular formula is C17H15BrClNO. The van der Waals surface area contributed by atoms with Crippen molar-refractivity contribution >= 4 is 39.1 Å². The Bertz CT molecular complexity index is 714. The van der Waals surface area contributed by atoms with Gasteiger partial charge in [-0.1, -0.05) is 39.7 Å². The van der Waals surface area contributed by atoms with Crippen LogP contribution in [0.5, 0.6) is 0 Å². The summed E-state index contributed by atoms with van der Waals surface area (Å²) < 4.78 is 1.06. The van der Waals surface area contributed by atoms with Crippen molar-refractivity contribution in [2.24, 2.45) is 5.92 Å². The number of carbonyl (C=O) groups excluding carboxylic acids is 1. The van der Waals surface area contributed by atoms with Gasteiger partial charge in [-0.3, -0.25) is 4.79 Å². The standard InChI is InChI=1S/C17H15BrClNO/c1-10-15(19)3-2-4-16(10)20-17(21)13-7-11-5-6-14(18)9-12(11)8-13/h2-6,9,13H,7-8H2,1H3,(H,20,21). The molecule has 0 fully saturated rings. The molecule has 0 saturated carbocycles. The normalized spacial score (nSPS) is 16.6. The lowest BCUT2D eigenvalue weighted by Crippen LogP contribution is -2.23. The van der Waals surface area contributed by atoms with E-state index in [4.69, 9.17) is 11.6 Å². The molecule has 1 unspecified atom stereocenters. The third-order valence-electron chi connectivity index (χ3n) is 4.00. The van der Waals surface area contributed by atoms with E-state index in [1.807, 2.05) is 31.2 Å². The molecule has 2 aromatic rings. The van der Waals surface area contributed by atoms with Crippen LogP contribution in [0.1, 0.15) is 16.7 Å². The average molecular weight is 365 g/mol. The summed E-state index contributed by atoms with van der Waals surface area (Å²) >= 11 is 9.57. The van der Waals surface area contributed by atoms with Gasteiger partial charge >= 0.3 is 0 Å². The number of halogens is 2. The maximum Gasteiger partial charge on any atom is 0.228 e. The summed E-state index contributed by atoms with van der Waals surface area (Å²) in [5.74, 6) is 0.0559. The van der Waals surface area contributed by atoms with Gasteiger partial charge in [0.25, 0.3) is 0 Å². The molecule has 0 saturated heterocycles. The molecule has 0 spiro atoms. The highest BCUT2D eigenvalue weighted by atomic mass is 79.9. The van der Waals surface area contributed by atoms with E-state index in [2.05, 4.69) is 33.4 Å². The van der Waals surface area contributed by atoms with E-state index in [-0.39, 0.29) is 11.8 Å². The van der Waals surface area contributed by atoms with Gasteiger partial charge in [0.15, 0.2) is 0 Å². The fourth-order valence-corrected chi connectivity index (χ4v) is 3.33. The van der Waals surface area contributed by atoms with Crippen LogP contribution in [0.3, 0.4) is 0 Å². The lowest BCUT2D eigenvalue weighted by Gasteiger charge is -2.13. The summed E-state index contributed by atoms with van der Waals surface area (Å²) in [7, 11) is 0. The highest BCUT2D eigenvalue weighted by molar-refractivity contribution is 9.10. The van der Waals surface area contributed by atoms with Gasteiger partial charge in [-0.05, 0) is 60.7 Å². The first-order valence-electron chi connectivity index (χ1n) is 6.88.